The number of phenols is 1. The van der Waals surface area contributed by atoms with Crippen LogP contribution < -0.4 is 38.7 Å². The zero-order valence-corrected chi connectivity index (χ0v) is 48.0. The van der Waals surface area contributed by atoms with Crippen LogP contribution in [0.15, 0.2) is 103 Å². The predicted molar refractivity (Wildman–Crippen MR) is 304 cm³/mol. The number of H-pyrrole nitrogens is 1. The van der Waals surface area contributed by atoms with Crippen LogP contribution in [0.1, 0.15) is 77.3 Å². The lowest BCUT2D eigenvalue weighted by Crippen LogP contribution is -2.33. The van der Waals surface area contributed by atoms with Gasteiger partial charge in [-0.3, -0.25) is 51.4 Å². The van der Waals surface area contributed by atoms with Crippen molar-refractivity contribution in [3.8, 4) is 28.2 Å². The van der Waals surface area contributed by atoms with E-state index in [1.807, 2.05) is 0 Å². The lowest BCUT2D eigenvalue weighted by atomic mass is 9.89. The van der Waals surface area contributed by atoms with E-state index in [0.717, 1.165) is 21.4 Å². The number of nitrogens with one attached hydrogen (secondary N) is 3. The number of aromatic carboxylic acids is 1. The maximum absolute atomic E-state index is 13.3. The molecule has 33 heteroatoms. The van der Waals surface area contributed by atoms with Gasteiger partial charge in [-0.05, 0) is 73.0 Å². The van der Waals surface area contributed by atoms with Gasteiger partial charge in [0.05, 0.1) is 70.1 Å². The van der Waals surface area contributed by atoms with E-state index >= 15 is 0 Å². The van der Waals surface area contributed by atoms with Crippen LogP contribution in [0, 0.1) is 0 Å². The molecule has 8 atom stereocenters. The number of phenolic OH excluding ortho intramolecular Hbond substituents is 1. The Morgan fingerprint density at radius 3 is 2.20 bits per heavy atom. The smallest absolute Gasteiger partial charge is 0.472 e. The van der Waals surface area contributed by atoms with Crippen molar-refractivity contribution < 1.29 is 95.2 Å². The van der Waals surface area contributed by atoms with Crippen molar-refractivity contribution in [1.82, 2.24) is 29.7 Å². The average Bonchev–Trinajstić information content (AvgIpc) is 3.17. The van der Waals surface area contributed by atoms with Gasteiger partial charge in [0.25, 0.3) is 11.5 Å². The summed E-state index contributed by atoms with van der Waals surface area (Å²) in [4.78, 5) is 115. The maximum Gasteiger partial charge on any atom is 0.472 e. The average molecular weight is 1260 g/mol. The molecule has 0 radical (unpaired) electrons. The molecule has 2 amide bonds. The van der Waals surface area contributed by atoms with Crippen LogP contribution in [0.3, 0.4) is 0 Å². The molecule has 468 valence electrons. The van der Waals surface area contributed by atoms with Gasteiger partial charge < -0.3 is 69.9 Å². The third-order valence-corrected chi connectivity index (χ3v) is 15.6. The lowest BCUT2D eigenvalue weighted by Gasteiger charge is -2.19. The van der Waals surface area contributed by atoms with Gasteiger partial charge in [0, 0.05) is 78.6 Å². The van der Waals surface area contributed by atoms with Crippen LogP contribution in [0.25, 0.3) is 39.5 Å². The molecule has 2 unspecified atom stereocenters. The summed E-state index contributed by atoms with van der Waals surface area (Å²) in [6.45, 7) is -1.96. The largest absolute Gasteiger partial charge is 0.508 e. The zero-order chi connectivity index (χ0) is 62.4. The Morgan fingerprint density at radius 2 is 1.48 bits per heavy atom. The van der Waals surface area contributed by atoms with Crippen molar-refractivity contribution in [2.45, 2.75) is 75.4 Å². The number of aliphatic hydroxyl groups is 2. The quantitative estimate of drug-likeness (QED) is 0.0129. The van der Waals surface area contributed by atoms with Crippen molar-refractivity contribution in [1.29, 1.82) is 0 Å². The number of aromatic nitrogens is 4. The number of unbranched alkanes of at least 4 members (excludes halogenated alkanes) is 3. The number of benzene rings is 3. The summed E-state index contributed by atoms with van der Waals surface area (Å²) < 4.78 is 75.1. The molecule has 4 aliphatic rings. The minimum atomic E-state index is -4.81. The summed E-state index contributed by atoms with van der Waals surface area (Å²) in [6.07, 6.45) is 0.111. The number of phosphoric ester groups is 2. The highest BCUT2D eigenvalue weighted by molar-refractivity contribution is 7.47. The van der Waals surface area contributed by atoms with E-state index < -0.39 is 107 Å². The fourth-order valence-corrected chi connectivity index (χ4v) is 11.0. The third-order valence-electron chi connectivity index (χ3n) is 13.6. The van der Waals surface area contributed by atoms with E-state index in [9.17, 15) is 72.9 Å². The summed E-state index contributed by atoms with van der Waals surface area (Å²) in [5.41, 5.74) is 3.87. The minimum Gasteiger partial charge on any atom is -0.508 e. The van der Waals surface area contributed by atoms with Crippen LogP contribution in [0.5, 0.6) is 5.75 Å². The summed E-state index contributed by atoms with van der Waals surface area (Å²) in [5, 5.41) is 46.6. The first-order valence-corrected chi connectivity index (χ1v) is 30.1. The van der Waals surface area contributed by atoms with Gasteiger partial charge in [-0.25, -0.2) is 23.5 Å². The number of aliphatic hydroxyl groups excluding tert-OH is 2. The minimum absolute atomic E-state index is 0.00196. The first-order chi connectivity index (χ1) is 41.6. The predicted octanol–water partition coefficient (Wildman–Crippen LogP) is 2.37. The highest BCUT2D eigenvalue weighted by Gasteiger charge is 2.42. The number of carboxylic acids is 1. The highest BCUT2D eigenvalue weighted by Crippen LogP contribution is 2.49. The molecule has 31 nitrogen and oxygen atoms in total. The molecule has 8 rings (SSSR count). The monoisotopic (exact) mass is 1260 g/mol. The van der Waals surface area contributed by atoms with Crippen molar-refractivity contribution in [3.05, 3.63) is 137 Å². The van der Waals surface area contributed by atoms with Crippen molar-refractivity contribution in [2.24, 2.45) is 0 Å². The van der Waals surface area contributed by atoms with Crippen LogP contribution in [-0.2, 0) is 51.0 Å². The highest BCUT2D eigenvalue weighted by atomic mass is 31.2. The van der Waals surface area contributed by atoms with E-state index in [-0.39, 0.29) is 110 Å². The molecule has 2 aromatic heterocycles. The van der Waals surface area contributed by atoms with E-state index in [1.54, 1.807) is 6.07 Å². The molecule has 2 fully saturated rings. The van der Waals surface area contributed by atoms with Crippen LogP contribution >= 0.6 is 15.6 Å². The zero-order valence-electron chi connectivity index (χ0n) is 46.2. The number of phosphoric acid groups is 2. The number of nitrogens with zero attached hydrogens (tertiary/aromatic N) is 3. The number of aromatic amines is 1. The normalized spacial score (nSPS) is 20.0. The number of rotatable bonds is 31. The van der Waals surface area contributed by atoms with Crippen molar-refractivity contribution >= 4 is 56.3 Å². The first kappa shape index (κ1) is 65.4. The SMILES string of the molecule is Nc1ccn([C@H]2C[C@@H](O)[C@@H](COP(=O)(O)OCCOCCOCCOP(=O)(O)O[C@@H]3C[C@H](n4cc(/C=C/C(=O)NCCCCCCNC(=O)c5ccc(C(=O)O)c(-c6c7ccc(=O)cc-7oc7cc(O)ccc67)c5)c(=O)[nH]c4=O)O[C@@H]3CO)O2)c(=O)n1. The summed E-state index contributed by atoms with van der Waals surface area (Å²) in [7, 11) is -9.41. The number of hydrogen-bond donors (Lipinski definition) is 10. The second-order valence-electron chi connectivity index (χ2n) is 19.7. The number of anilines is 1. The lowest BCUT2D eigenvalue weighted by molar-refractivity contribution is -0.116. The van der Waals surface area contributed by atoms with Crippen LogP contribution in [0.4, 0.5) is 5.82 Å². The number of ether oxygens (including phenoxy) is 4. The van der Waals surface area contributed by atoms with Gasteiger partial charge in [-0.2, -0.15) is 4.98 Å². The first-order valence-electron chi connectivity index (χ1n) is 27.1. The molecule has 0 saturated carbocycles. The second-order valence-corrected chi connectivity index (χ2v) is 22.6. The Balaban J connectivity index is 0.700. The van der Waals surface area contributed by atoms with Crippen LogP contribution in [-0.4, -0.2) is 157 Å². The molecular weight excluding hydrogens is 1190 g/mol. The Hall–Kier alpha value is -7.58. The number of fused-ring (bicyclic) bond motifs is 2. The molecular formula is C54H63N7O24P2. The number of carbonyl (C=O) groups excluding carboxylic acids is 2. The number of aromatic hydroxyl groups is 1. The molecule has 0 spiro atoms. The molecule has 87 heavy (non-hydrogen) atoms. The molecule has 5 heterocycles. The fraction of sp³-hybridized carbons (Fsp3) is 0.407. The fourth-order valence-electron chi connectivity index (χ4n) is 9.38. The number of carbonyl (C=O) groups is 3. The van der Waals surface area contributed by atoms with E-state index in [1.165, 1.54) is 66.9 Å². The molecule has 2 aromatic carbocycles. The number of amides is 2. The third kappa shape index (κ3) is 17.8. The Morgan fingerprint density at radius 1 is 0.793 bits per heavy atom. The Labute approximate surface area is 492 Å². The molecule has 2 saturated heterocycles. The van der Waals surface area contributed by atoms with E-state index in [4.69, 9.17) is 47.2 Å². The summed E-state index contributed by atoms with van der Waals surface area (Å²) in [5.74, 6) is -2.21. The topological polar surface area (TPSA) is 451 Å². The van der Waals surface area contributed by atoms with Gasteiger partial charge in [0.15, 0.2) is 5.43 Å². The van der Waals surface area contributed by atoms with E-state index in [0.29, 0.717) is 42.2 Å². The van der Waals surface area contributed by atoms with Gasteiger partial charge >= 0.3 is 33.0 Å². The summed E-state index contributed by atoms with van der Waals surface area (Å²) >= 11 is 0. The van der Waals surface area contributed by atoms with Crippen molar-refractivity contribution in [3.63, 3.8) is 0 Å². The molecule has 11 N–H and O–H groups in total. The standard InChI is InChI=1S/C54H63N7O24P2/c55-45-13-16-60(53(71)58-45)47-26-39(65)44(84-47)30-81-86(73,74)79-21-19-77-17-18-78-20-22-80-87(75,76)85-42-27-48(83-43(42)29-62)61-28-32(51(68)59-54(61)72)6-12-46(66)56-14-3-1-2-4-15-57-50(67)31-5-9-35(52(69)70)38(23-31)49-36-10-7-33(63)24-40(36)82-41-25-34(64)8-11-37(41)49/h5-13,16,23-25,28,39,42-44,47-48,62-63,65H,1-4,14-15,17-22,26-27,29-30H2,(H,56,66)(H,57,67)(H,69,70)(H,73,74)(H,75,76)(H2,55,58,71)(H,59,68,72)/b12-6+/t39-,42-,43-,44-,47-,48-/m1/s1. The van der Waals surface area contributed by atoms with Gasteiger partial charge in [0.1, 0.15) is 53.7 Å². The Kier molecular flexibility index (Phi) is 22.5. The molecule has 3 aliphatic heterocycles. The van der Waals surface area contributed by atoms with E-state index in [2.05, 4.69) is 20.6 Å². The number of nitrogens with two attached hydrogens (primary N) is 1. The van der Waals surface area contributed by atoms with Crippen molar-refractivity contribution in [2.75, 3.05) is 71.7 Å². The van der Waals surface area contributed by atoms with Gasteiger partial charge in [-0.1, -0.05) is 12.8 Å². The van der Waals surface area contributed by atoms with Gasteiger partial charge in [-0.15, -0.1) is 0 Å². The van der Waals surface area contributed by atoms with Crippen LogP contribution in [0.2, 0.25) is 0 Å². The number of nitrogen functional groups attached to an aromatic ring is 1. The molecule has 0 bridgehead atoms. The number of hydrogen-bond acceptors (Lipinski definition) is 23. The maximum atomic E-state index is 13.3. The summed E-state index contributed by atoms with van der Waals surface area (Å²) in [6, 6.07) is 13.9. The Bertz CT molecular complexity index is 3780. The van der Waals surface area contributed by atoms with Gasteiger partial charge in [0.2, 0.25) is 5.91 Å². The second kappa shape index (κ2) is 29.9. The molecule has 4 aromatic rings. The molecule has 1 aliphatic carbocycles. The number of carboxylic acid groups (broad SMARTS) is 1.